The lowest BCUT2D eigenvalue weighted by molar-refractivity contribution is 0.0949. The lowest BCUT2D eigenvalue weighted by Gasteiger charge is -2.07. The maximum atomic E-state index is 12.3. The Kier molecular flexibility index (Phi) is 3.94. The summed E-state index contributed by atoms with van der Waals surface area (Å²) in [6.45, 7) is 0.269. The molecule has 0 aliphatic heterocycles. The highest BCUT2D eigenvalue weighted by Crippen LogP contribution is 2.14. The van der Waals surface area contributed by atoms with Gasteiger partial charge in [0.15, 0.2) is 0 Å². The monoisotopic (exact) mass is 312 g/mol. The third-order valence-corrected chi connectivity index (χ3v) is 3.80. The van der Waals surface area contributed by atoms with Crippen molar-refractivity contribution >= 4 is 28.4 Å². The molecule has 5 heteroatoms. The zero-order valence-electron chi connectivity index (χ0n) is 11.6. The first-order chi connectivity index (χ1) is 10.7. The van der Waals surface area contributed by atoms with Gasteiger partial charge in [0.05, 0.1) is 0 Å². The molecular weight excluding hydrogens is 300 g/mol. The Labute approximate surface area is 131 Å². The van der Waals surface area contributed by atoms with Crippen LogP contribution in [0.4, 0.5) is 0 Å². The average molecular weight is 313 g/mol. The number of nitrogens with one attached hydrogen (secondary N) is 2. The molecular formula is C17H13ClN2O2. The van der Waals surface area contributed by atoms with Crippen LogP contribution >= 0.6 is 11.6 Å². The highest BCUT2D eigenvalue weighted by molar-refractivity contribution is 6.31. The van der Waals surface area contributed by atoms with Crippen molar-refractivity contribution in [2.75, 3.05) is 0 Å². The molecule has 0 bridgehead atoms. The average Bonchev–Trinajstić information content (AvgIpc) is 2.54. The SMILES string of the molecule is O=C(NCc1ccccc1Cl)c1c[nH]c2ccccc2c1=O. The highest BCUT2D eigenvalue weighted by atomic mass is 35.5. The van der Waals surface area contributed by atoms with Gasteiger partial charge in [0, 0.05) is 28.7 Å². The van der Waals surface area contributed by atoms with E-state index in [-0.39, 0.29) is 17.5 Å². The number of hydrogen-bond acceptors (Lipinski definition) is 2. The number of H-pyrrole nitrogens is 1. The van der Waals surface area contributed by atoms with Crippen LogP contribution in [0.15, 0.2) is 59.5 Å². The van der Waals surface area contributed by atoms with Crippen LogP contribution in [-0.4, -0.2) is 10.9 Å². The molecule has 3 rings (SSSR count). The summed E-state index contributed by atoms with van der Waals surface area (Å²) in [5.74, 6) is -0.424. The molecule has 110 valence electrons. The summed E-state index contributed by atoms with van der Waals surface area (Å²) in [6.07, 6.45) is 1.44. The number of fused-ring (bicyclic) bond motifs is 1. The van der Waals surface area contributed by atoms with Crippen LogP contribution in [0.3, 0.4) is 0 Å². The van der Waals surface area contributed by atoms with Gasteiger partial charge in [-0.15, -0.1) is 0 Å². The van der Waals surface area contributed by atoms with Gasteiger partial charge in [-0.1, -0.05) is 41.9 Å². The Morgan fingerprint density at radius 3 is 2.64 bits per heavy atom. The topological polar surface area (TPSA) is 62.0 Å². The normalized spacial score (nSPS) is 10.6. The minimum absolute atomic E-state index is 0.0887. The van der Waals surface area contributed by atoms with Gasteiger partial charge in [0.25, 0.3) is 5.91 Å². The van der Waals surface area contributed by atoms with Crippen molar-refractivity contribution in [1.82, 2.24) is 10.3 Å². The Balaban J connectivity index is 1.85. The molecule has 0 fully saturated rings. The van der Waals surface area contributed by atoms with E-state index in [1.807, 2.05) is 24.3 Å². The number of rotatable bonds is 3. The minimum atomic E-state index is -0.424. The van der Waals surface area contributed by atoms with Crippen molar-refractivity contribution in [3.63, 3.8) is 0 Å². The summed E-state index contributed by atoms with van der Waals surface area (Å²) in [5, 5.41) is 3.79. The summed E-state index contributed by atoms with van der Waals surface area (Å²) in [5.41, 5.74) is 1.31. The van der Waals surface area contributed by atoms with Crippen LogP contribution in [0.25, 0.3) is 10.9 Å². The van der Waals surface area contributed by atoms with Crippen molar-refractivity contribution < 1.29 is 4.79 Å². The van der Waals surface area contributed by atoms with E-state index in [9.17, 15) is 9.59 Å². The van der Waals surface area contributed by atoms with Gasteiger partial charge in [-0.25, -0.2) is 0 Å². The van der Waals surface area contributed by atoms with E-state index in [0.717, 1.165) is 5.56 Å². The summed E-state index contributed by atoms with van der Waals surface area (Å²) < 4.78 is 0. The van der Waals surface area contributed by atoms with Gasteiger partial charge in [-0.2, -0.15) is 0 Å². The van der Waals surface area contributed by atoms with E-state index >= 15 is 0 Å². The van der Waals surface area contributed by atoms with Crippen LogP contribution in [0, 0.1) is 0 Å². The number of carbonyl (C=O) groups excluding carboxylic acids is 1. The number of aromatic nitrogens is 1. The second-order valence-corrected chi connectivity index (χ2v) is 5.26. The number of amides is 1. The predicted octanol–water partition coefficient (Wildman–Crippen LogP) is 3.11. The smallest absolute Gasteiger partial charge is 0.257 e. The quantitative estimate of drug-likeness (QED) is 0.780. The molecule has 0 unspecified atom stereocenters. The fourth-order valence-electron chi connectivity index (χ4n) is 2.25. The molecule has 2 N–H and O–H groups in total. The molecule has 0 aliphatic carbocycles. The molecule has 0 saturated carbocycles. The highest BCUT2D eigenvalue weighted by Gasteiger charge is 2.12. The Morgan fingerprint density at radius 2 is 1.82 bits per heavy atom. The number of carbonyl (C=O) groups is 1. The first-order valence-electron chi connectivity index (χ1n) is 6.79. The van der Waals surface area contributed by atoms with E-state index in [1.54, 1.807) is 24.3 Å². The maximum absolute atomic E-state index is 12.3. The number of pyridine rings is 1. The molecule has 1 aromatic heterocycles. The molecule has 0 radical (unpaired) electrons. The molecule has 0 saturated heterocycles. The third kappa shape index (κ3) is 2.73. The lowest BCUT2D eigenvalue weighted by Crippen LogP contribution is -2.28. The largest absolute Gasteiger partial charge is 0.360 e. The van der Waals surface area contributed by atoms with Crippen LogP contribution < -0.4 is 10.7 Å². The fraction of sp³-hybridized carbons (Fsp3) is 0.0588. The number of para-hydroxylation sites is 1. The molecule has 1 heterocycles. The summed E-state index contributed by atoms with van der Waals surface area (Å²) in [4.78, 5) is 27.5. The molecule has 2 aromatic carbocycles. The Hall–Kier alpha value is -2.59. The standard InChI is InChI=1S/C17H13ClN2O2/c18-14-7-3-1-5-11(14)9-20-17(22)13-10-19-15-8-4-2-6-12(15)16(13)21/h1-8,10H,9H2,(H,19,21)(H,20,22). The van der Waals surface area contributed by atoms with E-state index in [4.69, 9.17) is 11.6 Å². The van der Waals surface area contributed by atoms with Crippen molar-refractivity contribution in [3.05, 3.63) is 81.1 Å². The van der Waals surface area contributed by atoms with E-state index < -0.39 is 5.91 Å². The van der Waals surface area contributed by atoms with Gasteiger partial charge in [-0.05, 0) is 23.8 Å². The van der Waals surface area contributed by atoms with Gasteiger partial charge >= 0.3 is 0 Å². The second-order valence-electron chi connectivity index (χ2n) is 4.85. The minimum Gasteiger partial charge on any atom is -0.360 e. The summed E-state index contributed by atoms with van der Waals surface area (Å²) in [7, 11) is 0. The maximum Gasteiger partial charge on any atom is 0.257 e. The first-order valence-corrected chi connectivity index (χ1v) is 7.16. The fourth-order valence-corrected chi connectivity index (χ4v) is 2.45. The number of halogens is 1. The molecule has 22 heavy (non-hydrogen) atoms. The van der Waals surface area contributed by atoms with E-state index in [1.165, 1.54) is 6.20 Å². The van der Waals surface area contributed by atoms with Gasteiger partial charge in [0.2, 0.25) is 5.43 Å². The van der Waals surface area contributed by atoms with Crippen molar-refractivity contribution in [2.45, 2.75) is 6.54 Å². The molecule has 1 amide bonds. The third-order valence-electron chi connectivity index (χ3n) is 3.43. The van der Waals surface area contributed by atoms with E-state index in [2.05, 4.69) is 10.3 Å². The van der Waals surface area contributed by atoms with Crippen molar-refractivity contribution in [3.8, 4) is 0 Å². The summed E-state index contributed by atoms with van der Waals surface area (Å²) >= 11 is 6.04. The Morgan fingerprint density at radius 1 is 1.09 bits per heavy atom. The van der Waals surface area contributed by atoms with Crippen LogP contribution in [0.2, 0.25) is 5.02 Å². The zero-order valence-corrected chi connectivity index (χ0v) is 12.4. The second kappa shape index (κ2) is 6.03. The summed E-state index contributed by atoms with van der Waals surface area (Å²) in [6, 6.07) is 14.3. The van der Waals surface area contributed by atoms with E-state index in [0.29, 0.717) is 15.9 Å². The molecule has 4 nitrogen and oxygen atoms in total. The number of aromatic amines is 1. The first kappa shape index (κ1) is 14.4. The predicted molar refractivity (Wildman–Crippen MR) is 87.2 cm³/mol. The van der Waals surface area contributed by atoms with Crippen LogP contribution in [-0.2, 0) is 6.54 Å². The zero-order chi connectivity index (χ0) is 15.5. The van der Waals surface area contributed by atoms with Crippen LogP contribution in [0.1, 0.15) is 15.9 Å². The van der Waals surface area contributed by atoms with Gasteiger partial charge in [0.1, 0.15) is 5.56 Å². The van der Waals surface area contributed by atoms with Crippen molar-refractivity contribution in [2.24, 2.45) is 0 Å². The lowest BCUT2D eigenvalue weighted by atomic mass is 10.1. The molecule has 0 spiro atoms. The number of benzene rings is 2. The van der Waals surface area contributed by atoms with Gasteiger partial charge < -0.3 is 10.3 Å². The number of hydrogen-bond donors (Lipinski definition) is 2. The van der Waals surface area contributed by atoms with Gasteiger partial charge in [-0.3, -0.25) is 9.59 Å². The Bertz CT molecular complexity index is 902. The molecule has 0 atom stereocenters. The van der Waals surface area contributed by atoms with Crippen LogP contribution in [0.5, 0.6) is 0 Å². The molecule has 0 aliphatic rings. The van der Waals surface area contributed by atoms with Crippen molar-refractivity contribution in [1.29, 1.82) is 0 Å². The molecule has 3 aromatic rings.